The van der Waals surface area contributed by atoms with E-state index in [1.54, 1.807) is 73.9 Å². The van der Waals surface area contributed by atoms with Crippen molar-refractivity contribution in [3.63, 3.8) is 0 Å². The van der Waals surface area contributed by atoms with E-state index in [-0.39, 0.29) is 0 Å². The van der Waals surface area contributed by atoms with Gasteiger partial charge in [-0.05, 0) is 48.5 Å². The van der Waals surface area contributed by atoms with Crippen molar-refractivity contribution in [2.24, 2.45) is 40.9 Å². The molecule has 4 aromatic carbocycles. The molecule has 0 fully saturated rings. The van der Waals surface area contributed by atoms with Gasteiger partial charge in [-0.3, -0.25) is 40.8 Å². The lowest BCUT2D eigenvalue weighted by Gasteiger charge is -2.23. The number of benzene rings is 4. The van der Waals surface area contributed by atoms with E-state index in [2.05, 4.69) is 60.8 Å². The van der Waals surface area contributed by atoms with Crippen LogP contribution in [0.2, 0.25) is 0 Å². The zero-order chi connectivity index (χ0) is 52.3. The number of hydroxylamine groups is 8. The molecule has 8 aromatic rings. The lowest BCUT2D eigenvalue weighted by molar-refractivity contribution is -0.0835. The molecule has 0 amide bonds. The summed E-state index contributed by atoms with van der Waals surface area (Å²) in [5.74, 6) is 0. The molecule has 4 aliphatic heterocycles. The summed E-state index contributed by atoms with van der Waals surface area (Å²) in [6.07, 6.45) is 10.5. The average Bonchev–Trinajstić information content (AvgIpc) is 3.50. The van der Waals surface area contributed by atoms with Gasteiger partial charge in [-0.25, -0.2) is 20.3 Å². The predicted octanol–water partition coefficient (Wildman–Crippen LogP) is 12.9. The van der Waals surface area contributed by atoms with Crippen molar-refractivity contribution in [1.29, 1.82) is 0 Å². The molecule has 12 rings (SSSR count). The minimum atomic E-state index is -0.589. The number of hydrogen-bond acceptors (Lipinski definition) is 20. The summed E-state index contributed by atoms with van der Waals surface area (Å²) in [7, 11) is 0. The van der Waals surface area contributed by atoms with Crippen LogP contribution in [0.1, 0.15) is 69.7 Å². The first-order valence-corrected chi connectivity index (χ1v) is 23.6. The van der Waals surface area contributed by atoms with Crippen LogP contribution < -0.4 is 0 Å². The topological polar surface area (TPSA) is 244 Å². The SMILES string of the molecule is ON1C=C(c2ccccc2)N=N[C@@H]1c1ccccn1.ON1C=C(c2ccccc2)N=N[C@H]1c1ccccn1.ON1C=C(c2ccccc2)N=N[C@H]1c1ccccn1.ON1C=C(c2ccccc2)N=N[C@H]1c1ccccn1. The second-order valence-electron chi connectivity index (χ2n) is 16.4. The Kier molecular flexibility index (Phi) is 17.1. The van der Waals surface area contributed by atoms with Gasteiger partial charge in [0.2, 0.25) is 24.7 Å². The van der Waals surface area contributed by atoms with Crippen molar-refractivity contribution in [3.8, 4) is 0 Å². The largest absolute Gasteiger partial charge is 0.286 e. The highest BCUT2D eigenvalue weighted by molar-refractivity contribution is 5.66. The molecule has 0 unspecified atom stereocenters. The number of hydrogen-bond donors (Lipinski definition) is 4. The molecular weight excluding hydrogens is 961 g/mol. The van der Waals surface area contributed by atoms with Crippen LogP contribution in [0.4, 0.5) is 0 Å². The molecule has 20 heteroatoms. The van der Waals surface area contributed by atoms with E-state index in [0.717, 1.165) is 42.5 Å². The zero-order valence-corrected chi connectivity index (χ0v) is 40.3. The third kappa shape index (κ3) is 13.3. The standard InChI is InChI=1S/4C14H12N4O/c4*19-18-10-13(11-6-2-1-3-7-11)16-17-14(18)12-8-4-5-9-15-12/h4*1-10,14,19H/t4*14-/m1110/s1. The fourth-order valence-electron chi connectivity index (χ4n) is 7.42. The maximum atomic E-state index is 10.0. The Morgan fingerprint density at radius 3 is 0.618 bits per heavy atom. The minimum absolute atomic E-state index is 0.589. The van der Waals surface area contributed by atoms with Gasteiger partial charge in [-0.2, -0.15) is 40.9 Å². The Bertz CT molecular complexity index is 2890. The molecule has 20 nitrogen and oxygen atoms in total. The molecule has 0 aliphatic carbocycles. The molecular formula is C56H48N16O4. The van der Waals surface area contributed by atoms with Crippen LogP contribution in [0.3, 0.4) is 0 Å². The quantitative estimate of drug-likeness (QED) is 0.111. The highest BCUT2D eigenvalue weighted by Crippen LogP contribution is 2.33. The maximum absolute atomic E-state index is 10.0. The minimum Gasteiger partial charge on any atom is -0.286 e. The Labute approximate surface area is 436 Å². The van der Waals surface area contributed by atoms with Crippen molar-refractivity contribution in [2.45, 2.75) is 24.7 Å². The molecule has 0 saturated carbocycles. The van der Waals surface area contributed by atoms with Crippen molar-refractivity contribution in [3.05, 3.63) is 289 Å². The van der Waals surface area contributed by atoms with Gasteiger partial charge in [-0.1, -0.05) is 146 Å². The molecule has 0 bridgehead atoms. The van der Waals surface area contributed by atoms with Crippen molar-refractivity contribution in [2.75, 3.05) is 0 Å². The molecule has 4 atom stereocenters. The third-order valence-corrected chi connectivity index (χ3v) is 11.2. The summed E-state index contributed by atoms with van der Waals surface area (Å²) in [4.78, 5) is 16.7. The van der Waals surface area contributed by atoms with Crippen LogP contribution >= 0.6 is 0 Å². The van der Waals surface area contributed by atoms with E-state index in [0.29, 0.717) is 45.6 Å². The molecule has 4 aliphatic rings. The first-order chi connectivity index (χ1) is 37.4. The molecule has 0 radical (unpaired) electrons. The Morgan fingerprint density at radius 2 is 0.447 bits per heavy atom. The highest BCUT2D eigenvalue weighted by Gasteiger charge is 2.25. The second kappa shape index (κ2) is 25.5. The average molecular weight is 1010 g/mol. The number of rotatable bonds is 8. The predicted molar refractivity (Wildman–Crippen MR) is 280 cm³/mol. The van der Waals surface area contributed by atoms with E-state index in [1.807, 2.05) is 170 Å². The summed E-state index contributed by atoms with van der Waals surface area (Å²) in [6, 6.07) is 60.2. The van der Waals surface area contributed by atoms with Gasteiger partial charge < -0.3 is 0 Å². The van der Waals surface area contributed by atoms with Crippen molar-refractivity contribution in [1.82, 2.24) is 40.2 Å². The molecule has 376 valence electrons. The Balaban J connectivity index is 0.000000124. The first-order valence-electron chi connectivity index (χ1n) is 23.6. The molecule has 8 heterocycles. The van der Waals surface area contributed by atoms with E-state index in [4.69, 9.17) is 0 Å². The smallest absolute Gasteiger partial charge is 0.207 e. The molecule has 4 N–H and O–H groups in total. The monoisotopic (exact) mass is 1010 g/mol. The summed E-state index contributed by atoms with van der Waals surface area (Å²) in [5.41, 5.74) is 8.71. The van der Waals surface area contributed by atoms with Crippen LogP contribution in [0.15, 0.2) is 285 Å². The lowest BCUT2D eigenvalue weighted by atomic mass is 10.1. The maximum Gasteiger partial charge on any atom is 0.207 e. The number of pyridine rings is 4. The lowest BCUT2D eigenvalue weighted by Crippen LogP contribution is -2.21. The van der Waals surface area contributed by atoms with Gasteiger partial charge in [0.1, 0.15) is 22.8 Å². The van der Waals surface area contributed by atoms with Crippen molar-refractivity contribution < 1.29 is 20.8 Å². The number of azo groups is 4. The van der Waals surface area contributed by atoms with Gasteiger partial charge >= 0.3 is 0 Å². The van der Waals surface area contributed by atoms with Gasteiger partial charge in [-0.15, -0.1) is 0 Å². The van der Waals surface area contributed by atoms with E-state index >= 15 is 0 Å². The van der Waals surface area contributed by atoms with Gasteiger partial charge in [0, 0.05) is 47.0 Å². The molecule has 4 aromatic heterocycles. The Morgan fingerprint density at radius 1 is 0.250 bits per heavy atom. The highest BCUT2D eigenvalue weighted by atomic mass is 16.5. The fraction of sp³-hybridized carbons (Fsp3) is 0.0714. The number of aromatic nitrogens is 4. The number of nitrogens with zero attached hydrogens (tertiary/aromatic N) is 16. The van der Waals surface area contributed by atoms with Crippen LogP contribution in [0, 0.1) is 0 Å². The normalized spacial score (nSPS) is 18.3. The molecule has 0 saturated heterocycles. The summed E-state index contributed by atoms with van der Waals surface area (Å²) < 4.78 is 0. The first kappa shape index (κ1) is 50.8. The van der Waals surface area contributed by atoms with Crippen LogP contribution in [0.25, 0.3) is 22.8 Å². The van der Waals surface area contributed by atoms with E-state index in [9.17, 15) is 20.8 Å². The van der Waals surface area contributed by atoms with Crippen LogP contribution in [-0.2, 0) is 0 Å². The van der Waals surface area contributed by atoms with Gasteiger partial charge in [0.05, 0.1) is 47.6 Å². The summed E-state index contributed by atoms with van der Waals surface area (Å²) >= 11 is 0. The van der Waals surface area contributed by atoms with Crippen LogP contribution in [0.5, 0.6) is 0 Å². The van der Waals surface area contributed by atoms with Crippen molar-refractivity contribution >= 4 is 22.8 Å². The van der Waals surface area contributed by atoms with E-state index in [1.165, 1.54) is 0 Å². The summed E-state index contributed by atoms with van der Waals surface area (Å²) in [5, 5.41) is 77.2. The molecule has 76 heavy (non-hydrogen) atoms. The summed E-state index contributed by atoms with van der Waals surface area (Å²) in [6.45, 7) is 0. The second-order valence-corrected chi connectivity index (χ2v) is 16.4. The Hall–Kier alpha value is -10.1. The van der Waals surface area contributed by atoms with Crippen LogP contribution in [-0.4, -0.2) is 61.0 Å². The third-order valence-electron chi connectivity index (χ3n) is 11.2. The molecule has 0 spiro atoms. The van der Waals surface area contributed by atoms with Gasteiger partial charge in [0.25, 0.3) is 0 Å². The van der Waals surface area contributed by atoms with E-state index < -0.39 is 24.7 Å². The zero-order valence-electron chi connectivity index (χ0n) is 40.3. The van der Waals surface area contributed by atoms with Gasteiger partial charge in [0.15, 0.2) is 0 Å². The fourth-order valence-corrected chi connectivity index (χ4v) is 7.42.